The normalized spacial score (nSPS) is 10.6. The fourth-order valence-corrected chi connectivity index (χ4v) is 2.63. The van der Waals surface area contributed by atoms with Crippen LogP contribution in [0.3, 0.4) is 0 Å². The molecule has 4 heteroatoms. The Kier molecular flexibility index (Phi) is 4.65. The molecule has 0 amide bonds. The van der Waals surface area contributed by atoms with Gasteiger partial charge in [-0.15, -0.1) is 0 Å². The monoisotopic (exact) mass is 335 g/mol. The lowest BCUT2D eigenvalue weighted by Gasteiger charge is -2.14. The number of hydrogen-bond acceptors (Lipinski definition) is 2. The molecule has 0 aliphatic carbocycles. The number of ether oxygens (including phenoxy) is 1. The van der Waals surface area contributed by atoms with Crippen molar-refractivity contribution in [1.29, 1.82) is 0 Å². The average molecular weight is 336 g/mol. The van der Waals surface area contributed by atoms with Crippen LogP contribution < -0.4 is 10.3 Å². The van der Waals surface area contributed by atoms with Crippen molar-refractivity contribution in [3.63, 3.8) is 0 Å². The highest BCUT2D eigenvalue weighted by molar-refractivity contribution is 9.10. The van der Waals surface area contributed by atoms with E-state index in [2.05, 4.69) is 15.9 Å². The maximum atomic E-state index is 12.2. The Morgan fingerprint density at radius 2 is 1.95 bits per heavy atom. The van der Waals surface area contributed by atoms with Crippen molar-refractivity contribution in [2.24, 2.45) is 0 Å². The lowest BCUT2D eigenvalue weighted by Crippen LogP contribution is -2.21. The Bertz CT molecular complexity index is 677. The number of halogens is 1. The van der Waals surface area contributed by atoms with Gasteiger partial charge in [-0.25, -0.2) is 0 Å². The molecule has 0 radical (unpaired) electrons. The molecular formula is C16H18BrNO2. The average Bonchev–Trinajstić information content (AvgIpc) is 2.43. The topological polar surface area (TPSA) is 31.2 Å². The van der Waals surface area contributed by atoms with Gasteiger partial charge in [-0.3, -0.25) is 4.79 Å². The molecule has 1 heterocycles. The van der Waals surface area contributed by atoms with E-state index in [9.17, 15) is 4.79 Å². The minimum absolute atomic E-state index is 0.00159. The number of benzene rings is 1. The molecule has 0 aliphatic rings. The van der Waals surface area contributed by atoms with Crippen LogP contribution in [0.15, 0.2) is 39.6 Å². The summed E-state index contributed by atoms with van der Waals surface area (Å²) in [5.74, 6) is 0.858. The molecule has 20 heavy (non-hydrogen) atoms. The van der Waals surface area contributed by atoms with Crippen molar-refractivity contribution in [3.05, 3.63) is 50.7 Å². The predicted molar refractivity (Wildman–Crippen MR) is 85.4 cm³/mol. The van der Waals surface area contributed by atoms with Gasteiger partial charge < -0.3 is 9.30 Å². The Morgan fingerprint density at radius 1 is 1.20 bits per heavy atom. The largest absolute Gasteiger partial charge is 0.494 e. The van der Waals surface area contributed by atoms with Crippen molar-refractivity contribution < 1.29 is 4.74 Å². The van der Waals surface area contributed by atoms with Gasteiger partial charge in [-0.1, -0.05) is 0 Å². The van der Waals surface area contributed by atoms with Crippen LogP contribution in [0.1, 0.15) is 19.4 Å². The van der Waals surface area contributed by atoms with Gasteiger partial charge in [0, 0.05) is 12.1 Å². The van der Waals surface area contributed by atoms with Gasteiger partial charge in [-0.2, -0.15) is 0 Å². The summed E-state index contributed by atoms with van der Waals surface area (Å²) >= 11 is 3.29. The Morgan fingerprint density at radius 3 is 2.55 bits per heavy atom. The molecular weight excluding hydrogens is 318 g/mol. The molecule has 0 fully saturated rings. The fraction of sp³-hybridized carbons (Fsp3) is 0.312. The minimum atomic E-state index is -0.00159. The van der Waals surface area contributed by atoms with Gasteiger partial charge >= 0.3 is 0 Å². The summed E-state index contributed by atoms with van der Waals surface area (Å²) in [5, 5.41) is 0. The highest BCUT2D eigenvalue weighted by atomic mass is 79.9. The first kappa shape index (κ1) is 14.9. The van der Waals surface area contributed by atoms with Gasteiger partial charge in [-0.05, 0) is 72.6 Å². The summed E-state index contributed by atoms with van der Waals surface area (Å²) in [4.78, 5) is 12.2. The third-order valence-electron chi connectivity index (χ3n) is 3.23. The van der Waals surface area contributed by atoms with Crippen LogP contribution in [0.2, 0.25) is 0 Å². The van der Waals surface area contributed by atoms with Crippen LogP contribution in [-0.4, -0.2) is 11.2 Å². The number of rotatable bonds is 4. The lowest BCUT2D eigenvalue weighted by atomic mass is 10.0. The highest BCUT2D eigenvalue weighted by Crippen LogP contribution is 2.27. The molecule has 1 aromatic heterocycles. The third-order valence-corrected chi connectivity index (χ3v) is 3.83. The summed E-state index contributed by atoms with van der Waals surface area (Å²) in [6.07, 6.45) is 0. The van der Waals surface area contributed by atoms with Crippen molar-refractivity contribution in [3.8, 4) is 17.0 Å². The van der Waals surface area contributed by atoms with E-state index in [0.29, 0.717) is 17.6 Å². The van der Waals surface area contributed by atoms with Crippen LogP contribution in [0.5, 0.6) is 5.75 Å². The van der Waals surface area contributed by atoms with Crippen LogP contribution in [-0.2, 0) is 6.54 Å². The first-order valence-corrected chi connectivity index (χ1v) is 7.51. The minimum Gasteiger partial charge on any atom is -0.494 e. The lowest BCUT2D eigenvalue weighted by molar-refractivity contribution is 0.340. The zero-order valence-electron chi connectivity index (χ0n) is 11.9. The van der Waals surface area contributed by atoms with Crippen molar-refractivity contribution in [1.82, 2.24) is 4.57 Å². The van der Waals surface area contributed by atoms with E-state index in [-0.39, 0.29) is 5.56 Å². The molecule has 106 valence electrons. The molecule has 0 atom stereocenters. The van der Waals surface area contributed by atoms with Crippen LogP contribution in [0.25, 0.3) is 11.3 Å². The van der Waals surface area contributed by atoms with E-state index in [0.717, 1.165) is 22.6 Å². The molecule has 0 saturated carbocycles. The van der Waals surface area contributed by atoms with Crippen molar-refractivity contribution in [2.75, 3.05) is 6.61 Å². The van der Waals surface area contributed by atoms with Gasteiger partial charge in [0.25, 0.3) is 5.56 Å². The van der Waals surface area contributed by atoms with E-state index < -0.39 is 0 Å². The van der Waals surface area contributed by atoms with Crippen LogP contribution in [0.4, 0.5) is 0 Å². The molecule has 0 unspecified atom stereocenters. The molecule has 3 nitrogen and oxygen atoms in total. The summed E-state index contributed by atoms with van der Waals surface area (Å²) in [6, 6.07) is 9.73. The van der Waals surface area contributed by atoms with Crippen LogP contribution in [0, 0.1) is 6.92 Å². The van der Waals surface area contributed by atoms with E-state index in [1.54, 1.807) is 10.6 Å². The second-order valence-electron chi connectivity index (χ2n) is 4.53. The van der Waals surface area contributed by atoms with E-state index in [1.165, 1.54) is 0 Å². The molecule has 0 aliphatic heterocycles. The van der Waals surface area contributed by atoms with Crippen molar-refractivity contribution in [2.45, 2.75) is 27.3 Å². The second kappa shape index (κ2) is 6.27. The Balaban J connectivity index is 2.57. The SMILES string of the molecule is CCOc1ccc(-c2ccc(Br)c(=O)n2CC)c(C)c1. The van der Waals surface area contributed by atoms with Gasteiger partial charge in [0.1, 0.15) is 5.75 Å². The maximum absolute atomic E-state index is 12.2. The highest BCUT2D eigenvalue weighted by Gasteiger charge is 2.10. The van der Waals surface area contributed by atoms with E-state index in [1.807, 2.05) is 45.0 Å². The number of pyridine rings is 1. The third kappa shape index (κ3) is 2.80. The summed E-state index contributed by atoms with van der Waals surface area (Å²) < 4.78 is 7.86. The van der Waals surface area contributed by atoms with Gasteiger partial charge in [0.2, 0.25) is 0 Å². The molecule has 0 N–H and O–H groups in total. The number of aromatic nitrogens is 1. The molecule has 0 saturated heterocycles. The first-order valence-electron chi connectivity index (χ1n) is 6.71. The molecule has 2 aromatic rings. The molecule has 1 aromatic carbocycles. The molecule has 0 bridgehead atoms. The fourth-order valence-electron chi connectivity index (χ4n) is 2.28. The van der Waals surface area contributed by atoms with Gasteiger partial charge in [0.15, 0.2) is 0 Å². The standard InChI is InChI=1S/C16H18BrNO2/c1-4-18-15(9-8-14(17)16(18)19)13-7-6-12(20-5-2)10-11(13)3/h6-10H,4-5H2,1-3H3. The molecule has 0 spiro atoms. The smallest absolute Gasteiger partial charge is 0.265 e. The first-order chi connectivity index (χ1) is 9.58. The summed E-state index contributed by atoms with van der Waals surface area (Å²) in [7, 11) is 0. The Labute approximate surface area is 127 Å². The zero-order chi connectivity index (χ0) is 14.7. The number of aryl methyl sites for hydroxylation is 1. The van der Waals surface area contributed by atoms with E-state index in [4.69, 9.17) is 4.74 Å². The number of hydrogen-bond donors (Lipinski definition) is 0. The second-order valence-corrected chi connectivity index (χ2v) is 5.38. The van der Waals surface area contributed by atoms with Gasteiger partial charge in [0.05, 0.1) is 16.8 Å². The number of nitrogens with zero attached hydrogens (tertiary/aromatic N) is 1. The quantitative estimate of drug-likeness (QED) is 0.845. The van der Waals surface area contributed by atoms with E-state index >= 15 is 0 Å². The maximum Gasteiger partial charge on any atom is 0.265 e. The van der Waals surface area contributed by atoms with Crippen molar-refractivity contribution >= 4 is 15.9 Å². The van der Waals surface area contributed by atoms with Crippen LogP contribution >= 0.6 is 15.9 Å². The molecule has 2 rings (SSSR count). The summed E-state index contributed by atoms with van der Waals surface area (Å²) in [6.45, 7) is 7.26. The predicted octanol–water partition coefficient (Wildman–Crippen LogP) is 4.00. The summed E-state index contributed by atoms with van der Waals surface area (Å²) in [5.41, 5.74) is 3.08. The zero-order valence-corrected chi connectivity index (χ0v) is 13.5. The Hall–Kier alpha value is -1.55.